The van der Waals surface area contributed by atoms with Gasteiger partial charge in [0.25, 0.3) is 10.0 Å². The number of carbonyl (C=O) groups is 1. The van der Waals surface area contributed by atoms with Gasteiger partial charge in [0.1, 0.15) is 17.4 Å². The second kappa shape index (κ2) is 9.68. The van der Waals surface area contributed by atoms with E-state index in [1.165, 1.54) is 6.07 Å². The molecule has 0 spiro atoms. The highest BCUT2D eigenvalue weighted by Gasteiger charge is 2.43. The van der Waals surface area contributed by atoms with Crippen molar-refractivity contribution in [2.24, 2.45) is 10.4 Å². The summed E-state index contributed by atoms with van der Waals surface area (Å²) in [6.07, 6.45) is 0.887. The number of fused-ring (bicyclic) bond motifs is 1. The van der Waals surface area contributed by atoms with E-state index in [0.29, 0.717) is 31.5 Å². The average molecular weight is 508 g/mol. The standard InChI is InChI=1S/C27H33N5O3S/c1-19(20-10-6-5-7-11-20)32-15-14-27(17-28,18-32)30-25(33)22(16-26(2,3)4)29-24-21-12-8-9-13-23(21)36(34,35)31-24/h5-13,19,22H,14-16,18H2,1-4H3,(H,29,31)(H,30,33). The molecule has 8 nitrogen and oxygen atoms in total. The van der Waals surface area contributed by atoms with Gasteiger partial charge < -0.3 is 5.32 Å². The number of aliphatic imine (C=N–C) groups is 1. The Kier molecular flexibility index (Phi) is 6.95. The van der Waals surface area contributed by atoms with Crippen LogP contribution in [0, 0.1) is 16.7 Å². The van der Waals surface area contributed by atoms with Crippen LogP contribution in [0.15, 0.2) is 64.5 Å². The molecule has 0 saturated carbocycles. The summed E-state index contributed by atoms with van der Waals surface area (Å²) in [6.45, 7) is 9.18. The van der Waals surface area contributed by atoms with E-state index in [0.717, 1.165) is 5.56 Å². The first-order valence-electron chi connectivity index (χ1n) is 12.2. The number of hydrogen-bond acceptors (Lipinski definition) is 6. The number of nitrogens with one attached hydrogen (secondary N) is 2. The Hall–Kier alpha value is -3.22. The predicted molar refractivity (Wildman–Crippen MR) is 139 cm³/mol. The van der Waals surface area contributed by atoms with Crippen molar-refractivity contribution in [3.05, 3.63) is 65.7 Å². The number of nitriles is 1. The van der Waals surface area contributed by atoms with Crippen molar-refractivity contribution in [2.75, 3.05) is 13.1 Å². The van der Waals surface area contributed by atoms with Crippen LogP contribution in [0.5, 0.6) is 0 Å². The van der Waals surface area contributed by atoms with Gasteiger partial charge in [-0.1, -0.05) is 63.2 Å². The Morgan fingerprint density at radius 3 is 2.53 bits per heavy atom. The van der Waals surface area contributed by atoms with Gasteiger partial charge in [0.15, 0.2) is 0 Å². The monoisotopic (exact) mass is 507 g/mol. The van der Waals surface area contributed by atoms with E-state index in [1.807, 2.05) is 39.0 Å². The first-order valence-corrected chi connectivity index (χ1v) is 13.6. The fourth-order valence-electron chi connectivity index (χ4n) is 4.82. The summed E-state index contributed by atoms with van der Waals surface area (Å²) >= 11 is 0. The highest BCUT2D eigenvalue weighted by molar-refractivity contribution is 7.90. The van der Waals surface area contributed by atoms with E-state index < -0.39 is 21.6 Å². The van der Waals surface area contributed by atoms with Crippen LogP contribution in [0.25, 0.3) is 0 Å². The summed E-state index contributed by atoms with van der Waals surface area (Å²) in [6, 6.07) is 18.3. The first kappa shape index (κ1) is 25.9. The third-order valence-corrected chi connectivity index (χ3v) is 8.16. The number of rotatable bonds is 6. The number of carbonyl (C=O) groups excluding carboxylic acids is 1. The van der Waals surface area contributed by atoms with Gasteiger partial charge in [0.2, 0.25) is 5.91 Å². The molecule has 0 radical (unpaired) electrons. The van der Waals surface area contributed by atoms with Crippen LogP contribution in [-0.2, 0) is 14.8 Å². The highest BCUT2D eigenvalue weighted by atomic mass is 32.2. The molecule has 1 amide bonds. The number of benzene rings is 2. The van der Waals surface area contributed by atoms with Crippen molar-refractivity contribution < 1.29 is 13.2 Å². The van der Waals surface area contributed by atoms with E-state index in [9.17, 15) is 18.5 Å². The van der Waals surface area contributed by atoms with Gasteiger partial charge in [-0.15, -0.1) is 0 Å². The van der Waals surface area contributed by atoms with Gasteiger partial charge >= 0.3 is 0 Å². The van der Waals surface area contributed by atoms with Crippen LogP contribution in [-0.4, -0.2) is 49.7 Å². The molecule has 2 N–H and O–H groups in total. The molecule has 2 aromatic carbocycles. The van der Waals surface area contributed by atoms with Crippen LogP contribution in [0.4, 0.5) is 0 Å². The van der Waals surface area contributed by atoms with E-state index in [1.54, 1.807) is 18.2 Å². The largest absolute Gasteiger partial charge is 0.335 e. The summed E-state index contributed by atoms with van der Waals surface area (Å²) in [7, 11) is -3.72. The Labute approximate surface area is 213 Å². The highest BCUT2D eigenvalue weighted by Crippen LogP contribution is 2.31. The fraction of sp³-hybridized carbons (Fsp3) is 0.444. The molecular weight excluding hydrogens is 474 g/mol. The molecule has 1 saturated heterocycles. The third-order valence-electron chi connectivity index (χ3n) is 6.76. The van der Waals surface area contributed by atoms with Gasteiger partial charge in [0, 0.05) is 24.7 Å². The maximum absolute atomic E-state index is 13.6. The summed E-state index contributed by atoms with van der Waals surface area (Å²) in [5.74, 6) is -0.219. The Bertz CT molecular complexity index is 1310. The zero-order valence-corrected chi connectivity index (χ0v) is 22.0. The third kappa shape index (κ3) is 5.45. The van der Waals surface area contributed by atoms with Crippen LogP contribution in [0.1, 0.15) is 57.7 Å². The molecule has 2 aromatic rings. The van der Waals surface area contributed by atoms with Crippen molar-refractivity contribution in [3.8, 4) is 6.07 Å². The maximum Gasteiger partial charge on any atom is 0.263 e. The van der Waals surface area contributed by atoms with Crippen LogP contribution >= 0.6 is 0 Å². The van der Waals surface area contributed by atoms with Crippen molar-refractivity contribution in [2.45, 2.75) is 63.1 Å². The summed E-state index contributed by atoms with van der Waals surface area (Å²) < 4.78 is 27.6. The van der Waals surface area contributed by atoms with Gasteiger partial charge in [-0.05, 0) is 42.9 Å². The molecule has 3 atom stereocenters. The number of nitrogens with zero attached hydrogens (tertiary/aromatic N) is 3. The maximum atomic E-state index is 13.6. The predicted octanol–water partition coefficient (Wildman–Crippen LogP) is 3.38. The second-order valence-corrected chi connectivity index (χ2v) is 12.5. The average Bonchev–Trinajstić information content (AvgIpc) is 3.37. The molecule has 4 rings (SSSR count). The Morgan fingerprint density at radius 2 is 1.86 bits per heavy atom. The van der Waals surface area contributed by atoms with Crippen molar-refractivity contribution in [3.63, 3.8) is 0 Å². The molecule has 3 unspecified atom stereocenters. The summed E-state index contributed by atoms with van der Waals surface area (Å²) in [5, 5.41) is 13.1. The number of sulfonamides is 1. The van der Waals surface area contributed by atoms with Crippen LogP contribution in [0.2, 0.25) is 0 Å². The van der Waals surface area contributed by atoms with E-state index in [4.69, 9.17) is 0 Å². The van der Waals surface area contributed by atoms with E-state index >= 15 is 0 Å². The molecule has 9 heteroatoms. The van der Waals surface area contributed by atoms with E-state index in [-0.39, 0.29) is 28.1 Å². The molecule has 2 heterocycles. The molecule has 36 heavy (non-hydrogen) atoms. The van der Waals surface area contributed by atoms with Crippen LogP contribution < -0.4 is 10.0 Å². The lowest BCUT2D eigenvalue weighted by atomic mass is 9.87. The molecule has 0 aromatic heterocycles. The molecule has 1 fully saturated rings. The SMILES string of the molecule is CC(c1ccccc1)N1CCC(C#N)(NC(=O)C(CC(C)(C)C)N=C2NS(=O)(=O)c3ccccc32)C1. The molecule has 0 bridgehead atoms. The summed E-state index contributed by atoms with van der Waals surface area (Å²) in [5.41, 5.74) is 0.306. The minimum Gasteiger partial charge on any atom is -0.335 e. The lowest BCUT2D eigenvalue weighted by molar-refractivity contribution is -0.124. The second-order valence-electron chi connectivity index (χ2n) is 10.9. The smallest absolute Gasteiger partial charge is 0.263 e. The first-order chi connectivity index (χ1) is 16.9. The fourth-order valence-corrected chi connectivity index (χ4v) is 6.05. The van der Waals surface area contributed by atoms with Crippen molar-refractivity contribution in [1.82, 2.24) is 14.9 Å². The van der Waals surface area contributed by atoms with Gasteiger partial charge in [0.05, 0.1) is 11.0 Å². The van der Waals surface area contributed by atoms with Gasteiger partial charge in [-0.3, -0.25) is 19.4 Å². The number of likely N-dealkylation sites (tertiary alicyclic amines) is 1. The summed E-state index contributed by atoms with van der Waals surface area (Å²) in [4.78, 5) is 20.5. The molecule has 0 aliphatic carbocycles. The Morgan fingerprint density at radius 1 is 1.19 bits per heavy atom. The minimum atomic E-state index is -3.72. The molecule has 2 aliphatic heterocycles. The minimum absolute atomic E-state index is 0.105. The van der Waals surface area contributed by atoms with Crippen LogP contribution in [0.3, 0.4) is 0 Å². The molecular formula is C27H33N5O3S. The zero-order valence-electron chi connectivity index (χ0n) is 21.2. The number of amidine groups is 1. The number of hydrogen-bond donors (Lipinski definition) is 2. The number of amides is 1. The normalized spacial score (nSPS) is 23.9. The van der Waals surface area contributed by atoms with Crippen molar-refractivity contribution in [1.29, 1.82) is 5.26 Å². The van der Waals surface area contributed by atoms with Crippen molar-refractivity contribution >= 4 is 21.8 Å². The lowest BCUT2D eigenvalue weighted by Crippen LogP contribution is -2.53. The molecule has 2 aliphatic rings. The Balaban J connectivity index is 1.58. The van der Waals surface area contributed by atoms with Gasteiger partial charge in [-0.2, -0.15) is 5.26 Å². The lowest BCUT2D eigenvalue weighted by Gasteiger charge is -2.29. The molecule has 190 valence electrons. The zero-order chi connectivity index (χ0) is 26.1. The van der Waals surface area contributed by atoms with Gasteiger partial charge in [-0.25, -0.2) is 8.42 Å². The van der Waals surface area contributed by atoms with E-state index in [2.05, 4.69) is 45.1 Å². The quantitative estimate of drug-likeness (QED) is 0.622. The topological polar surface area (TPSA) is 115 Å².